The largest absolute Gasteiger partial charge is 0.234 e. The number of hydrogen-bond donors (Lipinski definition) is 0. The maximum Gasteiger partial charge on any atom is 0.144 e. The van der Waals surface area contributed by atoms with Crippen molar-refractivity contribution in [2.24, 2.45) is 4.40 Å². The summed E-state index contributed by atoms with van der Waals surface area (Å²) < 4.78 is 17.6. The van der Waals surface area contributed by atoms with Gasteiger partial charge < -0.3 is 0 Å². The van der Waals surface area contributed by atoms with E-state index >= 15 is 0 Å². The molecule has 0 fully saturated rings. The number of halogens is 2. The highest BCUT2D eigenvalue weighted by atomic mass is 127. The van der Waals surface area contributed by atoms with Gasteiger partial charge in [0.2, 0.25) is 0 Å². The minimum absolute atomic E-state index is 0.312. The summed E-state index contributed by atoms with van der Waals surface area (Å²) in [7, 11) is -1.20. The smallest absolute Gasteiger partial charge is 0.144 e. The van der Waals surface area contributed by atoms with Gasteiger partial charge in [-0.3, -0.25) is 0 Å². The highest BCUT2D eigenvalue weighted by Crippen LogP contribution is 2.18. The zero-order valence-electron chi connectivity index (χ0n) is 9.33. The van der Waals surface area contributed by atoms with E-state index in [1.165, 1.54) is 0 Å². The van der Waals surface area contributed by atoms with E-state index in [0.29, 0.717) is 0 Å². The Labute approximate surface area is 121 Å². The minimum atomic E-state index is -1.20. The summed E-state index contributed by atoms with van der Waals surface area (Å²) in [5.74, 6) is 0. The van der Waals surface area contributed by atoms with Gasteiger partial charge in [0, 0.05) is 19.8 Å². The van der Waals surface area contributed by atoms with Gasteiger partial charge in [-0.1, -0.05) is 15.9 Å². The van der Waals surface area contributed by atoms with Crippen molar-refractivity contribution >= 4 is 55.7 Å². The average Bonchev–Trinajstić information content (AvgIpc) is 2.17. The summed E-state index contributed by atoms with van der Waals surface area (Å²) in [6.45, 7) is 5.73. The van der Waals surface area contributed by atoms with Gasteiger partial charge in [0.05, 0.1) is 4.75 Å². The molecule has 16 heavy (non-hydrogen) atoms. The fraction of sp³-hybridized carbons (Fsp3) is 0.364. The standard InChI is InChI=1S/C11H13BrINOS/c1-11(2,3)16(15)14-7-8-6-9(12)4-5-10(8)13/h4-7H,1-3H3/t16-/m1/s1. The molecule has 0 aromatic heterocycles. The molecule has 0 saturated heterocycles. The lowest BCUT2D eigenvalue weighted by Crippen LogP contribution is -2.19. The normalized spacial score (nSPS) is 14.3. The zero-order chi connectivity index (χ0) is 12.3. The molecule has 0 radical (unpaired) electrons. The van der Waals surface area contributed by atoms with Crippen molar-refractivity contribution in [3.05, 3.63) is 31.8 Å². The lowest BCUT2D eigenvalue weighted by molar-refractivity contribution is 0.651. The predicted molar refractivity (Wildman–Crippen MR) is 82.3 cm³/mol. The second kappa shape index (κ2) is 5.73. The van der Waals surface area contributed by atoms with Gasteiger partial charge in [-0.15, -0.1) is 0 Å². The lowest BCUT2D eigenvalue weighted by Gasteiger charge is -2.12. The van der Waals surface area contributed by atoms with Crippen LogP contribution in [0.15, 0.2) is 27.1 Å². The molecule has 5 heteroatoms. The third-order valence-corrected chi connectivity index (χ3v) is 4.59. The van der Waals surface area contributed by atoms with Crippen LogP contribution in [-0.2, 0) is 11.0 Å². The van der Waals surface area contributed by atoms with Crippen molar-refractivity contribution in [3.63, 3.8) is 0 Å². The SMILES string of the molecule is CC(C)(C)[S@@](=O)N=Cc1cc(Br)ccc1I. The molecule has 0 unspecified atom stereocenters. The quantitative estimate of drug-likeness (QED) is 0.533. The van der Waals surface area contributed by atoms with Crippen LogP contribution in [0.5, 0.6) is 0 Å². The van der Waals surface area contributed by atoms with Crippen molar-refractivity contribution in [1.82, 2.24) is 0 Å². The van der Waals surface area contributed by atoms with Gasteiger partial charge >= 0.3 is 0 Å². The van der Waals surface area contributed by atoms with Crippen LogP contribution in [0.4, 0.5) is 0 Å². The molecule has 0 bridgehead atoms. The average molecular weight is 414 g/mol. The van der Waals surface area contributed by atoms with E-state index in [1.807, 2.05) is 39.0 Å². The molecular formula is C11H13BrINOS. The van der Waals surface area contributed by atoms with Crippen LogP contribution in [-0.4, -0.2) is 15.2 Å². The first-order valence-corrected chi connectivity index (χ1v) is 7.69. The van der Waals surface area contributed by atoms with E-state index in [-0.39, 0.29) is 4.75 Å². The van der Waals surface area contributed by atoms with E-state index in [0.717, 1.165) is 13.6 Å². The second-order valence-electron chi connectivity index (χ2n) is 4.26. The van der Waals surface area contributed by atoms with E-state index in [2.05, 4.69) is 42.9 Å². The molecule has 0 aliphatic rings. The summed E-state index contributed by atoms with van der Waals surface area (Å²) >= 11 is 5.64. The van der Waals surface area contributed by atoms with Crippen molar-refractivity contribution in [3.8, 4) is 0 Å². The van der Waals surface area contributed by atoms with E-state index in [9.17, 15) is 4.21 Å². The highest BCUT2D eigenvalue weighted by Gasteiger charge is 2.18. The van der Waals surface area contributed by atoms with E-state index in [4.69, 9.17) is 0 Å². The Hall–Kier alpha value is 0.250. The molecule has 1 atom stereocenters. The molecule has 0 spiro atoms. The minimum Gasteiger partial charge on any atom is -0.234 e. The molecule has 1 rings (SSSR count). The van der Waals surface area contributed by atoms with Crippen LogP contribution < -0.4 is 0 Å². The Balaban J connectivity index is 2.93. The van der Waals surface area contributed by atoms with Crippen LogP contribution in [0.3, 0.4) is 0 Å². The third-order valence-electron chi connectivity index (χ3n) is 1.77. The van der Waals surface area contributed by atoms with Crippen molar-refractivity contribution in [2.45, 2.75) is 25.5 Å². The van der Waals surface area contributed by atoms with Gasteiger partial charge in [-0.2, -0.15) is 4.40 Å². The summed E-state index contributed by atoms with van der Waals surface area (Å²) in [5, 5.41) is 0. The monoisotopic (exact) mass is 413 g/mol. The fourth-order valence-electron chi connectivity index (χ4n) is 0.876. The van der Waals surface area contributed by atoms with E-state index < -0.39 is 11.0 Å². The van der Waals surface area contributed by atoms with Gasteiger partial charge in [0.15, 0.2) is 0 Å². The van der Waals surface area contributed by atoms with Crippen molar-refractivity contribution < 1.29 is 4.21 Å². The Kier molecular flexibility index (Phi) is 5.12. The van der Waals surface area contributed by atoms with Crippen LogP contribution in [0.1, 0.15) is 26.3 Å². The molecule has 2 nitrogen and oxygen atoms in total. The van der Waals surface area contributed by atoms with Crippen LogP contribution in [0.25, 0.3) is 0 Å². The molecule has 0 amide bonds. The summed E-state index contributed by atoms with van der Waals surface area (Å²) in [4.78, 5) is 0. The lowest BCUT2D eigenvalue weighted by atomic mass is 10.2. The molecule has 0 aliphatic carbocycles. The predicted octanol–water partition coefficient (Wildman–Crippen LogP) is 3.93. The van der Waals surface area contributed by atoms with E-state index in [1.54, 1.807) is 6.21 Å². The van der Waals surface area contributed by atoms with Gasteiger partial charge in [-0.05, 0) is 61.6 Å². The molecule has 0 heterocycles. The Morgan fingerprint density at radius 2 is 2.06 bits per heavy atom. The third kappa shape index (κ3) is 4.25. The zero-order valence-corrected chi connectivity index (χ0v) is 13.9. The molecular weight excluding hydrogens is 401 g/mol. The first-order chi connectivity index (χ1) is 7.30. The number of rotatable bonds is 2. The van der Waals surface area contributed by atoms with Gasteiger partial charge in [0.25, 0.3) is 0 Å². The number of benzene rings is 1. The summed E-state index contributed by atoms with van der Waals surface area (Å²) in [6.07, 6.45) is 1.67. The molecule has 1 aromatic carbocycles. The Morgan fingerprint density at radius 3 is 2.62 bits per heavy atom. The molecule has 0 saturated carbocycles. The summed E-state index contributed by atoms with van der Waals surface area (Å²) in [5.41, 5.74) is 0.979. The molecule has 88 valence electrons. The van der Waals surface area contributed by atoms with Crippen LogP contribution in [0.2, 0.25) is 0 Å². The van der Waals surface area contributed by atoms with Crippen LogP contribution in [0, 0.1) is 3.57 Å². The molecule has 0 N–H and O–H groups in total. The van der Waals surface area contributed by atoms with Gasteiger partial charge in [-0.25, -0.2) is 4.21 Å². The van der Waals surface area contributed by atoms with Crippen LogP contribution >= 0.6 is 38.5 Å². The van der Waals surface area contributed by atoms with Crippen molar-refractivity contribution in [2.75, 3.05) is 0 Å². The second-order valence-corrected chi connectivity index (χ2v) is 8.27. The summed E-state index contributed by atoms with van der Waals surface area (Å²) in [6, 6.07) is 5.93. The first kappa shape index (κ1) is 14.3. The first-order valence-electron chi connectivity index (χ1n) is 4.72. The van der Waals surface area contributed by atoms with Gasteiger partial charge in [0.1, 0.15) is 11.0 Å². The maximum absolute atomic E-state index is 11.7. The number of hydrogen-bond acceptors (Lipinski definition) is 1. The number of nitrogens with zero attached hydrogens (tertiary/aromatic N) is 1. The maximum atomic E-state index is 11.7. The Morgan fingerprint density at radius 1 is 1.44 bits per heavy atom. The fourth-order valence-corrected chi connectivity index (χ4v) is 2.26. The van der Waals surface area contributed by atoms with Crippen molar-refractivity contribution in [1.29, 1.82) is 0 Å². The Bertz CT molecular complexity index is 440. The topological polar surface area (TPSA) is 29.4 Å². The molecule has 0 aliphatic heterocycles. The molecule has 1 aromatic rings. The highest BCUT2D eigenvalue weighted by molar-refractivity contribution is 14.1.